The van der Waals surface area contributed by atoms with Gasteiger partial charge in [0.15, 0.2) is 11.5 Å². The van der Waals surface area contributed by atoms with Crippen molar-refractivity contribution in [1.82, 2.24) is 5.32 Å². The second kappa shape index (κ2) is 7.64. The zero-order valence-electron chi connectivity index (χ0n) is 16.6. The summed E-state index contributed by atoms with van der Waals surface area (Å²) in [7, 11) is 1.56. The first-order valence-electron chi connectivity index (χ1n) is 9.22. The molecule has 2 N–H and O–H groups in total. The van der Waals surface area contributed by atoms with Gasteiger partial charge in [-0.2, -0.15) is 0 Å². The van der Waals surface area contributed by atoms with E-state index in [0.29, 0.717) is 34.9 Å². The molecule has 2 aromatic carbocycles. The average molecular weight is 404 g/mol. The first-order valence-corrected chi connectivity index (χ1v) is 9.60. The predicted molar refractivity (Wildman–Crippen MR) is 110 cm³/mol. The van der Waals surface area contributed by atoms with Crippen LogP contribution in [0.4, 0.5) is 0 Å². The van der Waals surface area contributed by atoms with Crippen LogP contribution in [0.3, 0.4) is 0 Å². The number of amides is 1. The van der Waals surface area contributed by atoms with Gasteiger partial charge in [0.2, 0.25) is 0 Å². The number of benzene rings is 2. The number of ether oxygens (including phenoxy) is 2. The molecular formula is C22H26ClNO4. The fourth-order valence-electron chi connectivity index (χ4n) is 3.43. The third-order valence-electron chi connectivity index (χ3n) is 4.87. The maximum Gasteiger partial charge on any atom is 0.251 e. The topological polar surface area (TPSA) is 67.8 Å². The summed E-state index contributed by atoms with van der Waals surface area (Å²) in [6.07, 6.45) is 1.37. The minimum absolute atomic E-state index is 0.150. The van der Waals surface area contributed by atoms with E-state index in [1.165, 1.54) is 0 Å². The second-order valence-corrected chi connectivity index (χ2v) is 8.63. The number of methoxy groups -OCH3 is 1. The Hall–Kier alpha value is -2.24. The van der Waals surface area contributed by atoms with Gasteiger partial charge in [-0.25, -0.2) is 0 Å². The predicted octanol–water partition coefficient (Wildman–Crippen LogP) is 3.79. The monoisotopic (exact) mass is 403 g/mol. The fraction of sp³-hybridized carbons (Fsp3) is 0.409. The number of nitrogens with one attached hydrogen (secondary N) is 1. The Balaban J connectivity index is 1.85. The maximum atomic E-state index is 12.6. The molecule has 0 bridgehead atoms. The highest BCUT2D eigenvalue weighted by molar-refractivity contribution is 6.30. The summed E-state index contributed by atoms with van der Waals surface area (Å²) in [6.45, 7) is 5.43. The maximum absolute atomic E-state index is 12.6. The molecule has 1 heterocycles. The molecule has 1 atom stereocenters. The minimum Gasteiger partial charge on any atom is -0.493 e. The SMILES string of the molecule is COc1cc(C(=O)NC(C)(C)CO)cc2c1O[C@](C)(Cc1ccc(Cl)cc1)C2. The van der Waals surface area contributed by atoms with Crippen LogP contribution >= 0.6 is 11.6 Å². The van der Waals surface area contributed by atoms with Crippen LogP contribution in [0.5, 0.6) is 11.5 Å². The molecule has 2 aromatic rings. The highest BCUT2D eigenvalue weighted by Crippen LogP contribution is 2.44. The molecule has 0 saturated heterocycles. The van der Waals surface area contributed by atoms with Crippen molar-refractivity contribution >= 4 is 17.5 Å². The lowest BCUT2D eigenvalue weighted by atomic mass is 9.91. The summed E-state index contributed by atoms with van der Waals surface area (Å²) < 4.78 is 11.8. The Kier molecular flexibility index (Phi) is 5.60. The molecule has 1 aliphatic heterocycles. The summed E-state index contributed by atoms with van der Waals surface area (Å²) >= 11 is 5.98. The van der Waals surface area contributed by atoms with Crippen LogP contribution in [0.1, 0.15) is 42.3 Å². The number of rotatable bonds is 6. The number of fused-ring (bicyclic) bond motifs is 1. The summed E-state index contributed by atoms with van der Waals surface area (Å²) in [4.78, 5) is 12.6. The van der Waals surface area contributed by atoms with E-state index in [-0.39, 0.29) is 12.5 Å². The lowest BCUT2D eigenvalue weighted by Crippen LogP contribution is -2.46. The van der Waals surface area contributed by atoms with E-state index < -0.39 is 11.1 Å². The Labute approximate surface area is 170 Å². The Morgan fingerprint density at radius 3 is 2.61 bits per heavy atom. The first-order chi connectivity index (χ1) is 13.1. The van der Waals surface area contributed by atoms with Gasteiger partial charge in [0.25, 0.3) is 5.91 Å². The molecule has 0 radical (unpaired) electrons. The molecule has 28 heavy (non-hydrogen) atoms. The Morgan fingerprint density at radius 1 is 1.32 bits per heavy atom. The zero-order valence-corrected chi connectivity index (χ0v) is 17.4. The number of aliphatic hydroxyl groups is 1. The molecule has 6 heteroatoms. The van der Waals surface area contributed by atoms with Crippen molar-refractivity contribution in [1.29, 1.82) is 0 Å². The van der Waals surface area contributed by atoms with Gasteiger partial charge in [-0.05, 0) is 50.6 Å². The van der Waals surface area contributed by atoms with Crippen LogP contribution in [0, 0.1) is 0 Å². The molecule has 3 rings (SSSR count). The molecule has 150 valence electrons. The van der Waals surface area contributed by atoms with E-state index in [0.717, 1.165) is 11.1 Å². The summed E-state index contributed by atoms with van der Waals surface area (Å²) in [5.74, 6) is 0.952. The molecule has 0 aromatic heterocycles. The summed E-state index contributed by atoms with van der Waals surface area (Å²) in [5, 5.41) is 12.9. The van der Waals surface area contributed by atoms with Gasteiger partial charge < -0.3 is 19.9 Å². The minimum atomic E-state index is -0.705. The van der Waals surface area contributed by atoms with E-state index in [2.05, 4.69) is 12.2 Å². The number of carbonyl (C=O) groups is 1. The van der Waals surface area contributed by atoms with E-state index >= 15 is 0 Å². The van der Waals surface area contributed by atoms with Gasteiger partial charge in [-0.15, -0.1) is 0 Å². The summed E-state index contributed by atoms with van der Waals surface area (Å²) in [6, 6.07) is 11.2. The number of halogens is 1. The Bertz CT molecular complexity index is 879. The standard InChI is InChI=1S/C22H26ClNO4/c1-21(2,13-25)24-20(26)15-9-16-12-22(3,28-19(16)18(10-15)27-4)11-14-5-7-17(23)8-6-14/h5-10,25H,11-13H2,1-4H3,(H,24,26)/t22-/m1/s1. The van der Waals surface area contributed by atoms with Gasteiger partial charge in [0.05, 0.1) is 19.3 Å². The van der Waals surface area contributed by atoms with Gasteiger partial charge in [-0.1, -0.05) is 23.7 Å². The number of hydrogen-bond donors (Lipinski definition) is 2. The molecule has 0 saturated carbocycles. The van der Waals surface area contributed by atoms with Crippen molar-refractivity contribution in [3.05, 3.63) is 58.1 Å². The van der Waals surface area contributed by atoms with Gasteiger partial charge >= 0.3 is 0 Å². The molecule has 5 nitrogen and oxygen atoms in total. The molecule has 1 aliphatic rings. The van der Waals surface area contributed by atoms with E-state index in [9.17, 15) is 9.90 Å². The molecule has 0 fully saturated rings. The molecule has 0 spiro atoms. The lowest BCUT2D eigenvalue weighted by Gasteiger charge is -2.24. The molecular weight excluding hydrogens is 378 g/mol. The highest BCUT2D eigenvalue weighted by Gasteiger charge is 2.38. The van der Waals surface area contributed by atoms with Crippen LogP contribution in [0.2, 0.25) is 5.02 Å². The largest absolute Gasteiger partial charge is 0.493 e. The number of hydrogen-bond acceptors (Lipinski definition) is 4. The van der Waals surface area contributed by atoms with Crippen molar-refractivity contribution < 1.29 is 19.4 Å². The van der Waals surface area contributed by atoms with Crippen molar-refractivity contribution in [2.45, 2.75) is 44.8 Å². The number of aliphatic hydroxyl groups excluding tert-OH is 1. The van der Waals surface area contributed by atoms with Crippen LogP contribution < -0.4 is 14.8 Å². The normalized spacial score (nSPS) is 18.4. The van der Waals surface area contributed by atoms with Crippen LogP contribution in [0.25, 0.3) is 0 Å². The molecule has 0 aliphatic carbocycles. The Morgan fingerprint density at radius 2 is 2.00 bits per heavy atom. The van der Waals surface area contributed by atoms with E-state index in [1.807, 2.05) is 30.3 Å². The van der Waals surface area contributed by atoms with E-state index in [4.69, 9.17) is 21.1 Å². The van der Waals surface area contributed by atoms with Crippen LogP contribution in [0.15, 0.2) is 36.4 Å². The third kappa shape index (κ3) is 4.42. The van der Waals surface area contributed by atoms with Crippen molar-refractivity contribution in [2.75, 3.05) is 13.7 Å². The smallest absolute Gasteiger partial charge is 0.251 e. The summed E-state index contributed by atoms with van der Waals surface area (Å²) in [5.41, 5.74) is 1.40. The van der Waals surface area contributed by atoms with Crippen LogP contribution in [-0.2, 0) is 12.8 Å². The lowest BCUT2D eigenvalue weighted by molar-refractivity contribution is 0.0869. The number of carbonyl (C=O) groups excluding carboxylic acids is 1. The van der Waals surface area contributed by atoms with Crippen molar-refractivity contribution in [2.24, 2.45) is 0 Å². The molecule has 0 unspecified atom stereocenters. The third-order valence-corrected chi connectivity index (χ3v) is 5.12. The average Bonchev–Trinajstić information content (AvgIpc) is 2.98. The first kappa shape index (κ1) is 20.5. The van der Waals surface area contributed by atoms with Crippen molar-refractivity contribution in [3.63, 3.8) is 0 Å². The van der Waals surface area contributed by atoms with Gasteiger partial charge in [-0.3, -0.25) is 4.79 Å². The zero-order chi connectivity index (χ0) is 20.5. The quantitative estimate of drug-likeness (QED) is 0.770. The fourth-order valence-corrected chi connectivity index (χ4v) is 3.55. The second-order valence-electron chi connectivity index (χ2n) is 8.19. The van der Waals surface area contributed by atoms with Crippen LogP contribution in [-0.4, -0.2) is 35.9 Å². The van der Waals surface area contributed by atoms with Gasteiger partial charge in [0.1, 0.15) is 5.60 Å². The van der Waals surface area contributed by atoms with Crippen molar-refractivity contribution in [3.8, 4) is 11.5 Å². The van der Waals surface area contributed by atoms with E-state index in [1.54, 1.807) is 27.0 Å². The molecule has 1 amide bonds. The highest BCUT2D eigenvalue weighted by atomic mass is 35.5. The van der Waals surface area contributed by atoms with Gasteiger partial charge in [0, 0.05) is 29.0 Å².